The Kier molecular flexibility index (Phi) is 4.18. The van der Waals surface area contributed by atoms with Crippen molar-refractivity contribution in [2.75, 3.05) is 25.0 Å². The van der Waals surface area contributed by atoms with Crippen molar-refractivity contribution in [2.24, 2.45) is 5.92 Å². The van der Waals surface area contributed by atoms with Gasteiger partial charge in [0.05, 0.1) is 6.54 Å². The van der Waals surface area contributed by atoms with Gasteiger partial charge in [0.1, 0.15) is 5.82 Å². The van der Waals surface area contributed by atoms with Crippen LogP contribution in [-0.2, 0) is 4.79 Å². The van der Waals surface area contributed by atoms with E-state index >= 15 is 0 Å². The summed E-state index contributed by atoms with van der Waals surface area (Å²) in [6, 6.07) is 6.17. The van der Waals surface area contributed by atoms with Gasteiger partial charge in [-0.3, -0.25) is 4.79 Å². The summed E-state index contributed by atoms with van der Waals surface area (Å²) in [6.07, 6.45) is 2.15. The molecule has 1 amide bonds. The number of benzene rings is 1. The number of hydrogen-bond acceptors (Lipinski definition) is 2. The lowest BCUT2D eigenvalue weighted by Crippen LogP contribution is -2.40. The van der Waals surface area contributed by atoms with Gasteiger partial charge in [0.15, 0.2) is 0 Å². The molecule has 1 aliphatic rings. The van der Waals surface area contributed by atoms with Crippen LogP contribution in [0, 0.1) is 11.7 Å². The molecule has 98 valence electrons. The number of carbonyl (C=O) groups is 1. The fraction of sp³-hybridized carbons (Fsp3) is 0.500. The summed E-state index contributed by atoms with van der Waals surface area (Å²) in [5, 5.41) is 2.96. The van der Waals surface area contributed by atoms with E-state index in [4.69, 9.17) is 0 Å². The van der Waals surface area contributed by atoms with Crippen LogP contribution in [0.3, 0.4) is 0 Å². The lowest BCUT2D eigenvalue weighted by Gasteiger charge is -2.30. The Morgan fingerprint density at radius 2 is 2.17 bits per heavy atom. The highest BCUT2D eigenvalue weighted by atomic mass is 19.1. The van der Waals surface area contributed by atoms with Crippen molar-refractivity contribution in [1.82, 2.24) is 4.90 Å². The van der Waals surface area contributed by atoms with E-state index in [0.29, 0.717) is 11.6 Å². The van der Waals surface area contributed by atoms with Crippen molar-refractivity contribution in [3.8, 4) is 0 Å². The lowest BCUT2D eigenvalue weighted by atomic mass is 9.99. The van der Waals surface area contributed by atoms with Gasteiger partial charge in [-0.15, -0.1) is 0 Å². The van der Waals surface area contributed by atoms with Crippen LogP contribution in [0.25, 0.3) is 0 Å². The predicted octanol–water partition coefficient (Wildman–Crippen LogP) is 2.50. The number of amides is 1. The van der Waals surface area contributed by atoms with Gasteiger partial charge in [-0.1, -0.05) is 13.0 Å². The number of piperidine rings is 1. The highest BCUT2D eigenvalue weighted by molar-refractivity contribution is 5.80. The number of nitrogens with zero attached hydrogens (tertiary/aromatic N) is 1. The second-order valence-electron chi connectivity index (χ2n) is 4.93. The van der Waals surface area contributed by atoms with Crippen LogP contribution in [0.2, 0.25) is 0 Å². The average molecular weight is 250 g/mol. The molecule has 1 heterocycles. The monoisotopic (exact) mass is 250 g/mol. The Balaban J connectivity index is 1.81. The van der Waals surface area contributed by atoms with E-state index in [9.17, 15) is 9.18 Å². The Bertz CT molecular complexity index is 414. The standard InChI is InChI=1S/C14H19FN2O/c1-11-5-7-17(8-6-11)14(18)10-16-13-4-2-3-12(15)9-13/h2-4,9,11,16H,5-8,10H2,1H3. The third-order valence-corrected chi connectivity index (χ3v) is 3.40. The van der Waals surface area contributed by atoms with Gasteiger partial charge in [-0.05, 0) is 37.0 Å². The van der Waals surface area contributed by atoms with Crippen molar-refractivity contribution >= 4 is 11.6 Å². The van der Waals surface area contributed by atoms with E-state index in [1.54, 1.807) is 12.1 Å². The molecule has 1 aromatic carbocycles. The van der Waals surface area contributed by atoms with Gasteiger partial charge >= 0.3 is 0 Å². The molecular formula is C14H19FN2O. The molecule has 0 unspecified atom stereocenters. The maximum absolute atomic E-state index is 13.0. The van der Waals surface area contributed by atoms with Crippen molar-refractivity contribution in [1.29, 1.82) is 0 Å². The first-order chi connectivity index (χ1) is 8.65. The molecule has 2 rings (SSSR count). The van der Waals surface area contributed by atoms with Gasteiger partial charge in [0.25, 0.3) is 0 Å². The molecule has 1 aromatic rings. The zero-order valence-electron chi connectivity index (χ0n) is 10.7. The predicted molar refractivity (Wildman–Crippen MR) is 69.9 cm³/mol. The minimum absolute atomic E-state index is 0.0890. The highest BCUT2D eigenvalue weighted by Gasteiger charge is 2.19. The number of carbonyl (C=O) groups excluding carboxylic acids is 1. The second-order valence-corrected chi connectivity index (χ2v) is 4.93. The topological polar surface area (TPSA) is 32.3 Å². The normalized spacial score (nSPS) is 16.7. The average Bonchev–Trinajstić information content (AvgIpc) is 2.37. The summed E-state index contributed by atoms with van der Waals surface area (Å²) < 4.78 is 13.0. The van der Waals surface area contributed by atoms with E-state index in [-0.39, 0.29) is 18.3 Å². The molecule has 1 fully saturated rings. The third-order valence-electron chi connectivity index (χ3n) is 3.40. The van der Waals surface area contributed by atoms with Crippen molar-refractivity contribution in [3.05, 3.63) is 30.1 Å². The van der Waals surface area contributed by atoms with Gasteiger partial charge in [-0.25, -0.2) is 4.39 Å². The minimum atomic E-state index is -0.292. The van der Waals surface area contributed by atoms with Crippen molar-refractivity contribution in [3.63, 3.8) is 0 Å². The van der Waals surface area contributed by atoms with Crippen LogP contribution in [0.5, 0.6) is 0 Å². The number of halogens is 1. The summed E-state index contributed by atoms with van der Waals surface area (Å²) >= 11 is 0. The zero-order valence-corrected chi connectivity index (χ0v) is 10.7. The maximum atomic E-state index is 13.0. The molecule has 3 nitrogen and oxygen atoms in total. The van der Waals surface area contributed by atoms with E-state index in [0.717, 1.165) is 25.9 Å². The van der Waals surface area contributed by atoms with Gasteiger partial charge in [-0.2, -0.15) is 0 Å². The molecule has 0 aliphatic carbocycles. The molecule has 1 aliphatic heterocycles. The molecule has 0 aromatic heterocycles. The summed E-state index contributed by atoms with van der Waals surface area (Å²) in [5.41, 5.74) is 0.647. The molecule has 0 atom stereocenters. The van der Waals surface area contributed by atoms with Crippen molar-refractivity contribution in [2.45, 2.75) is 19.8 Å². The molecule has 0 saturated carbocycles. The van der Waals surface area contributed by atoms with Crippen molar-refractivity contribution < 1.29 is 9.18 Å². The Morgan fingerprint density at radius 1 is 1.44 bits per heavy atom. The Hall–Kier alpha value is -1.58. The van der Waals surface area contributed by atoms with Crippen LogP contribution < -0.4 is 5.32 Å². The van der Waals surface area contributed by atoms with E-state index in [1.165, 1.54) is 12.1 Å². The largest absolute Gasteiger partial charge is 0.376 e. The van der Waals surface area contributed by atoms with Crippen LogP contribution in [-0.4, -0.2) is 30.4 Å². The van der Waals surface area contributed by atoms with Crippen LogP contribution in [0.4, 0.5) is 10.1 Å². The second kappa shape index (κ2) is 5.85. The minimum Gasteiger partial charge on any atom is -0.376 e. The van der Waals surface area contributed by atoms with E-state index < -0.39 is 0 Å². The number of likely N-dealkylation sites (tertiary alicyclic amines) is 1. The first-order valence-electron chi connectivity index (χ1n) is 6.42. The van der Waals surface area contributed by atoms with Gasteiger partial charge < -0.3 is 10.2 Å². The quantitative estimate of drug-likeness (QED) is 0.894. The fourth-order valence-corrected chi connectivity index (χ4v) is 2.15. The molecule has 0 radical (unpaired) electrons. The van der Waals surface area contributed by atoms with Crippen LogP contribution in [0.15, 0.2) is 24.3 Å². The molecule has 0 spiro atoms. The molecule has 4 heteroatoms. The smallest absolute Gasteiger partial charge is 0.241 e. The highest BCUT2D eigenvalue weighted by Crippen LogP contribution is 2.16. The molecular weight excluding hydrogens is 231 g/mol. The first kappa shape index (κ1) is 12.9. The van der Waals surface area contributed by atoms with E-state index in [2.05, 4.69) is 12.2 Å². The molecule has 18 heavy (non-hydrogen) atoms. The summed E-state index contributed by atoms with van der Waals surface area (Å²) in [6.45, 7) is 4.13. The maximum Gasteiger partial charge on any atom is 0.241 e. The Morgan fingerprint density at radius 3 is 2.83 bits per heavy atom. The summed E-state index contributed by atoms with van der Waals surface area (Å²) in [5.74, 6) is 0.510. The molecule has 0 bridgehead atoms. The van der Waals surface area contributed by atoms with E-state index in [1.807, 2.05) is 4.90 Å². The van der Waals surface area contributed by atoms with Gasteiger partial charge in [0, 0.05) is 18.8 Å². The number of hydrogen-bond donors (Lipinski definition) is 1. The Labute approximate surface area is 107 Å². The fourth-order valence-electron chi connectivity index (χ4n) is 2.15. The van der Waals surface area contributed by atoms with Crippen LogP contribution in [0.1, 0.15) is 19.8 Å². The van der Waals surface area contributed by atoms with Gasteiger partial charge in [0.2, 0.25) is 5.91 Å². The third kappa shape index (κ3) is 3.45. The number of anilines is 1. The SMILES string of the molecule is CC1CCN(C(=O)CNc2cccc(F)c2)CC1. The summed E-state index contributed by atoms with van der Waals surface area (Å²) in [4.78, 5) is 13.8. The molecule has 1 N–H and O–H groups in total. The van der Waals surface area contributed by atoms with Crippen LogP contribution >= 0.6 is 0 Å². The summed E-state index contributed by atoms with van der Waals surface area (Å²) in [7, 11) is 0. The number of nitrogens with one attached hydrogen (secondary N) is 1. The zero-order chi connectivity index (χ0) is 13.0. The first-order valence-corrected chi connectivity index (χ1v) is 6.42. The lowest BCUT2D eigenvalue weighted by molar-refractivity contribution is -0.130. The molecule has 1 saturated heterocycles. The number of rotatable bonds is 3.